The van der Waals surface area contributed by atoms with Crippen molar-refractivity contribution in [3.63, 3.8) is 0 Å². The van der Waals surface area contributed by atoms with E-state index < -0.39 is 0 Å². The minimum absolute atomic E-state index is 0.0721. The van der Waals surface area contributed by atoms with Crippen LogP contribution < -0.4 is 10.1 Å². The Labute approximate surface area is 174 Å². The van der Waals surface area contributed by atoms with Gasteiger partial charge in [0.05, 0.1) is 6.10 Å². The van der Waals surface area contributed by atoms with Crippen LogP contribution in [0.4, 0.5) is 0 Å². The number of rotatable bonds is 6. The van der Waals surface area contributed by atoms with Gasteiger partial charge < -0.3 is 15.0 Å². The Hall–Kier alpha value is -2.51. The van der Waals surface area contributed by atoms with Crippen molar-refractivity contribution in [2.45, 2.75) is 44.4 Å². The predicted octanol–water partition coefficient (Wildman–Crippen LogP) is 3.87. The third kappa shape index (κ3) is 4.92. The SMILES string of the molecule is CN(C)Cc1nc(C(=O)NC2CCC(Oc3cccc4cnccc34)CC2)cs1. The maximum absolute atomic E-state index is 12.5. The van der Waals surface area contributed by atoms with Gasteiger partial charge in [-0.05, 0) is 51.9 Å². The average Bonchev–Trinajstić information content (AvgIpc) is 3.18. The largest absolute Gasteiger partial charge is 0.490 e. The van der Waals surface area contributed by atoms with E-state index in [1.165, 1.54) is 11.3 Å². The van der Waals surface area contributed by atoms with E-state index in [1.807, 2.05) is 54.8 Å². The highest BCUT2D eigenvalue weighted by Crippen LogP contribution is 2.29. The van der Waals surface area contributed by atoms with Crippen LogP contribution in [0.3, 0.4) is 0 Å². The molecule has 1 saturated carbocycles. The molecule has 0 unspecified atom stereocenters. The lowest BCUT2D eigenvalue weighted by Gasteiger charge is -2.29. The number of thiazole rings is 1. The number of ether oxygens (including phenoxy) is 1. The molecule has 7 heteroatoms. The van der Waals surface area contributed by atoms with Crippen molar-refractivity contribution in [2.75, 3.05) is 14.1 Å². The molecule has 1 aromatic carbocycles. The molecular weight excluding hydrogens is 384 g/mol. The minimum Gasteiger partial charge on any atom is -0.490 e. The summed E-state index contributed by atoms with van der Waals surface area (Å²) in [7, 11) is 3.99. The lowest BCUT2D eigenvalue weighted by molar-refractivity contribution is 0.0890. The lowest BCUT2D eigenvalue weighted by atomic mass is 9.92. The summed E-state index contributed by atoms with van der Waals surface area (Å²) < 4.78 is 6.29. The van der Waals surface area contributed by atoms with Gasteiger partial charge in [-0.25, -0.2) is 4.98 Å². The first kappa shape index (κ1) is 19.8. The van der Waals surface area contributed by atoms with Gasteiger partial charge in [0.1, 0.15) is 16.5 Å². The van der Waals surface area contributed by atoms with Crippen LogP contribution in [0.1, 0.15) is 41.2 Å². The molecule has 29 heavy (non-hydrogen) atoms. The minimum atomic E-state index is -0.0721. The number of pyridine rings is 1. The molecular formula is C22H26N4O2S. The van der Waals surface area contributed by atoms with E-state index in [2.05, 4.69) is 15.3 Å². The first-order valence-electron chi connectivity index (χ1n) is 9.98. The average molecular weight is 411 g/mol. The van der Waals surface area contributed by atoms with E-state index in [9.17, 15) is 4.79 Å². The maximum Gasteiger partial charge on any atom is 0.270 e. The van der Waals surface area contributed by atoms with Gasteiger partial charge in [0.2, 0.25) is 0 Å². The molecule has 0 saturated heterocycles. The third-order valence-corrected chi connectivity index (χ3v) is 6.01. The monoisotopic (exact) mass is 410 g/mol. The number of hydrogen-bond donors (Lipinski definition) is 1. The van der Waals surface area contributed by atoms with Crippen LogP contribution in [-0.4, -0.2) is 47.0 Å². The fraction of sp³-hybridized carbons (Fsp3) is 0.409. The molecule has 0 bridgehead atoms. The number of carbonyl (C=O) groups is 1. The molecule has 1 fully saturated rings. The Balaban J connectivity index is 1.30. The first-order chi connectivity index (χ1) is 14.1. The van der Waals surface area contributed by atoms with Crippen molar-refractivity contribution in [1.82, 2.24) is 20.2 Å². The van der Waals surface area contributed by atoms with E-state index in [4.69, 9.17) is 4.74 Å². The number of nitrogens with one attached hydrogen (secondary N) is 1. The van der Waals surface area contributed by atoms with Crippen LogP contribution in [0, 0.1) is 0 Å². The molecule has 1 N–H and O–H groups in total. The van der Waals surface area contributed by atoms with E-state index in [1.54, 1.807) is 6.20 Å². The van der Waals surface area contributed by atoms with Gasteiger partial charge in [0.25, 0.3) is 5.91 Å². The molecule has 0 aliphatic heterocycles. The molecule has 0 atom stereocenters. The number of fused-ring (bicyclic) bond motifs is 1. The van der Waals surface area contributed by atoms with Gasteiger partial charge in [-0.15, -0.1) is 11.3 Å². The molecule has 1 aliphatic rings. The number of benzene rings is 1. The van der Waals surface area contributed by atoms with E-state index in [0.717, 1.165) is 53.8 Å². The van der Waals surface area contributed by atoms with Crippen LogP contribution >= 0.6 is 11.3 Å². The molecule has 0 radical (unpaired) electrons. The van der Waals surface area contributed by atoms with Crippen molar-refractivity contribution in [3.8, 4) is 5.75 Å². The zero-order valence-electron chi connectivity index (χ0n) is 16.8. The van der Waals surface area contributed by atoms with Crippen molar-refractivity contribution in [2.24, 2.45) is 0 Å². The number of nitrogens with zero attached hydrogens (tertiary/aromatic N) is 3. The molecule has 1 amide bonds. The van der Waals surface area contributed by atoms with E-state index in [-0.39, 0.29) is 18.1 Å². The molecule has 1 aliphatic carbocycles. The summed E-state index contributed by atoms with van der Waals surface area (Å²) >= 11 is 1.53. The highest BCUT2D eigenvalue weighted by Gasteiger charge is 2.25. The number of carbonyl (C=O) groups excluding carboxylic acids is 1. The smallest absolute Gasteiger partial charge is 0.270 e. The summed E-state index contributed by atoms with van der Waals surface area (Å²) in [4.78, 5) is 23.2. The quantitative estimate of drug-likeness (QED) is 0.668. The second-order valence-electron chi connectivity index (χ2n) is 7.78. The Morgan fingerprint density at radius 2 is 2.07 bits per heavy atom. The summed E-state index contributed by atoms with van der Waals surface area (Å²) in [5, 5.41) is 8.13. The molecule has 0 spiro atoms. The molecule has 6 nitrogen and oxygen atoms in total. The van der Waals surface area contributed by atoms with Gasteiger partial charge in [-0.3, -0.25) is 9.78 Å². The van der Waals surface area contributed by atoms with E-state index in [0.29, 0.717) is 5.69 Å². The van der Waals surface area contributed by atoms with Gasteiger partial charge >= 0.3 is 0 Å². The van der Waals surface area contributed by atoms with Crippen LogP contribution in [0.15, 0.2) is 42.0 Å². The predicted molar refractivity (Wildman–Crippen MR) is 115 cm³/mol. The Morgan fingerprint density at radius 1 is 1.24 bits per heavy atom. The number of aromatic nitrogens is 2. The molecule has 2 aromatic heterocycles. The van der Waals surface area contributed by atoms with Crippen molar-refractivity contribution < 1.29 is 9.53 Å². The normalized spacial score (nSPS) is 19.4. The Kier molecular flexibility index (Phi) is 6.06. The van der Waals surface area contributed by atoms with Crippen molar-refractivity contribution >= 4 is 28.0 Å². The Morgan fingerprint density at radius 3 is 2.86 bits per heavy atom. The molecule has 3 aromatic rings. The maximum atomic E-state index is 12.5. The first-order valence-corrected chi connectivity index (χ1v) is 10.9. The summed E-state index contributed by atoms with van der Waals surface area (Å²) in [6.07, 6.45) is 7.51. The zero-order valence-corrected chi connectivity index (χ0v) is 17.6. The summed E-state index contributed by atoms with van der Waals surface area (Å²) in [5.41, 5.74) is 0.523. The van der Waals surface area contributed by atoms with Gasteiger partial charge in [-0.1, -0.05) is 12.1 Å². The summed E-state index contributed by atoms with van der Waals surface area (Å²) in [6.45, 7) is 0.755. The number of hydrogen-bond acceptors (Lipinski definition) is 6. The van der Waals surface area contributed by atoms with Gasteiger partial charge in [-0.2, -0.15) is 0 Å². The highest BCUT2D eigenvalue weighted by molar-refractivity contribution is 7.09. The third-order valence-electron chi connectivity index (χ3n) is 5.18. The van der Waals surface area contributed by atoms with Crippen LogP contribution in [0.25, 0.3) is 10.8 Å². The van der Waals surface area contributed by atoms with Crippen molar-refractivity contribution in [1.29, 1.82) is 0 Å². The second-order valence-corrected chi connectivity index (χ2v) is 8.72. The summed E-state index contributed by atoms with van der Waals surface area (Å²) in [6, 6.07) is 8.24. The second kappa shape index (κ2) is 8.88. The van der Waals surface area contributed by atoms with Crippen LogP contribution in [0.5, 0.6) is 5.75 Å². The standard InChI is InChI=1S/C22H26N4O2S/c1-26(2)13-21-25-19(14-29-21)22(27)24-16-6-8-17(9-7-16)28-20-5-3-4-15-12-23-11-10-18(15)20/h3-5,10-12,14,16-17H,6-9,13H2,1-2H3,(H,24,27). The molecule has 4 rings (SSSR count). The number of amides is 1. The molecule has 2 heterocycles. The van der Waals surface area contributed by atoms with Gasteiger partial charge in [0.15, 0.2) is 0 Å². The molecule has 152 valence electrons. The van der Waals surface area contributed by atoms with Crippen molar-refractivity contribution in [3.05, 3.63) is 52.7 Å². The fourth-order valence-corrected chi connectivity index (χ4v) is 4.61. The Bertz CT molecular complexity index is 974. The van der Waals surface area contributed by atoms with E-state index >= 15 is 0 Å². The fourth-order valence-electron chi connectivity index (χ4n) is 3.72. The topological polar surface area (TPSA) is 67.4 Å². The highest BCUT2D eigenvalue weighted by atomic mass is 32.1. The van der Waals surface area contributed by atoms with Gasteiger partial charge in [0, 0.05) is 41.1 Å². The zero-order chi connectivity index (χ0) is 20.2. The van der Waals surface area contributed by atoms with Crippen LogP contribution in [0.2, 0.25) is 0 Å². The summed E-state index contributed by atoms with van der Waals surface area (Å²) in [5.74, 6) is 0.838. The lowest BCUT2D eigenvalue weighted by Crippen LogP contribution is -2.39. The van der Waals surface area contributed by atoms with Crippen LogP contribution in [-0.2, 0) is 6.54 Å².